The smallest absolute Gasteiger partial charge is 0.319 e. The van der Waals surface area contributed by atoms with Crippen molar-refractivity contribution in [2.45, 2.75) is 38.5 Å². The summed E-state index contributed by atoms with van der Waals surface area (Å²) in [5, 5.41) is 6.91. The summed E-state index contributed by atoms with van der Waals surface area (Å²) in [6.07, 6.45) is 9.53. The standard InChI is InChI=1S/C18H23N3O/c22-18(20-13-11-14-6-2-1-3-7-14)21-16-10-4-8-15-9-5-12-19-17(15)16/h4-5,8-10,12,14H,1-3,6-7,11,13H2,(H2,20,21,22). The second-order valence-corrected chi connectivity index (χ2v) is 6.05. The largest absolute Gasteiger partial charge is 0.338 e. The molecule has 0 radical (unpaired) electrons. The Morgan fingerprint density at radius 3 is 2.82 bits per heavy atom. The van der Waals surface area contributed by atoms with Gasteiger partial charge in [-0.2, -0.15) is 0 Å². The third-order valence-corrected chi connectivity index (χ3v) is 4.44. The van der Waals surface area contributed by atoms with Gasteiger partial charge in [0.25, 0.3) is 0 Å². The summed E-state index contributed by atoms with van der Waals surface area (Å²) in [6.45, 7) is 0.745. The number of nitrogens with zero attached hydrogens (tertiary/aromatic N) is 1. The normalized spacial score (nSPS) is 15.6. The van der Waals surface area contributed by atoms with Crippen LogP contribution >= 0.6 is 0 Å². The van der Waals surface area contributed by atoms with Gasteiger partial charge in [-0.15, -0.1) is 0 Å². The summed E-state index contributed by atoms with van der Waals surface area (Å²) < 4.78 is 0. The van der Waals surface area contributed by atoms with Crippen molar-refractivity contribution in [2.75, 3.05) is 11.9 Å². The Kier molecular flexibility index (Phi) is 4.88. The van der Waals surface area contributed by atoms with E-state index >= 15 is 0 Å². The Hall–Kier alpha value is -2.10. The van der Waals surface area contributed by atoms with Crippen LogP contribution in [0.3, 0.4) is 0 Å². The molecule has 1 saturated carbocycles. The highest BCUT2D eigenvalue weighted by molar-refractivity contribution is 5.99. The third-order valence-electron chi connectivity index (χ3n) is 4.44. The van der Waals surface area contributed by atoms with Gasteiger partial charge < -0.3 is 10.6 Å². The molecule has 0 saturated heterocycles. The highest BCUT2D eigenvalue weighted by Crippen LogP contribution is 2.25. The molecule has 1 heterocycles. The lowest BCUT2D eigenvalue weighted by Gasteiger charge is -2.21. The molecule has 1 aliphatic rings. The minimum absolute atomic E-state index is 0.144. The van der Waals surface area contributed by atoms with Gasteiger partial charge in [-0.3, -0.25) is 4.98 Å². The maximum Gasteiger partial charge on any atom is 0.319 e. The van der Waals surface area contributed by atoms with Crippen LogP contribution in [0.25, 0.3) is 10.9 Å². The Bertz CT molecular complexity index is 630. The molecule has 0 atom stereocenters. The Morgan fingerprint density at radius 1 is 1.14 bits per heavy atom. The number of hydrogen-bond acceptors (Lipinski definition) is 2. The lowest BCUT2D eigenvalue weighted by Crippen LogP contribution is -2.30. The van der Waals surface area contributed by atoms with Gasteiger partial charge in [0, 0.05) is 18.1 Å². The van der Waals surface area contributed by atoms with Crippen LogP contribution in [0.4, 0.5) is 10.5 Å². The number of pyridine rings is 1. The molecule has 1 aliphatic carbocycles. The second kappa shape index (κ2) is 7.25. The molecule has 4 heteroatoms. The molecule has 0 bridgehead atoms. The molecule has 3 rings (SSSR count). The van der Waals surface area contributed by atoms with Crippen LogP contribution < -0.4 is 10.6 Å². The number of urea groups is 1. The fourth-order valence-corrected chi connectivity index (χ4v) is 3.24. The van der Waals surface area contributed by atoms with Crippen molar-refractivity contribution >= 4 is 22.6 Å². The predicted molar refractivity (Wildman–Crippen MR) is 90.0 cm³/mol. The van der Waals surface area contributed by atoms with E-state index in [1.807, 2.05) is 30.3 Å². The average Bonchev–Trinajstić information content (AvgIpc) is 2.56. The zero-order chi connectivity index (χ0) is 15.2. The summed E-state index contributed by atoms with van der Waals surface area (Å²) >= 11 is 0. The number of rotatable bonds is 4. The molecule has 4 nitrogen and oxygen atoms in total. The first kappa shape index (κ1) is 14.8. The number of fused-ring (bicyclic) bond motifs is 1. The molecule has 0 unspecified atom stereocenters. The van der Waals surface area contributed by atoms with Crippen LogP contribution in [0.1, 0.15) is 38.5 Å². The van der Waals surface area contributed by atoms with Gasteiger partial charge in [0.05, 0.1) is 11.2 Å². The van der Waals surface area contributed by atoms with Crippen molar-refractivity contribution in [2.24, 2.45) is 5.92 Å². The lowest BCUT2D eigenvalue weighted by atomic mass is 9.87. The van der Waals surface area contributed by atoms with Gasteiger partial charge in [-0.1, -0.05) is 50.3 Å². The summed E-state index contributed by atoms with van der Waals surface area (Å²) in [6, 6.07) is 9.56. The fourth-order valence-electron chi connectivity index (χ4n) is 3.24. The van der Waals surface area contributed by atoms with E-state index in [2.05, 4.69) is 15.6 Å². The van der Waals surface area contributed by atoms with E-state index in [9.17, 15) is 4.79 Å². The van der Waals surface area contributed by atoms with Crippen LogP contribution in [0.5, 0.6) is 0 Å². The number of anilines is 1. The number of benzene rings is 1. The van der Waals surface area contributed by atoms with Gasteiger partial charge in [0.15, 0.2) is 0 Å². The Balaban J connectivity index is 1.52. The van der Waals surface area contributed by atoms with Crippen LogP contribution in [0.2, 0.25) is 0 Å². The van der Waals surface area contributed by atoms with Crippen LogP contribution in [-0.4, -0.2) is 17.6 Å². The lowest BCUT2D eigenvalue weighted by molar-refractivity contribution is 0.250. The van der Waals surface area contributed by atoms with Crippen molar-refractivity contribution < 1.29 is 4.79 Å². The number of amides is 2. The van der Waals surface area contributed by atoms with E-state index in [0.29, 0.717) is 0 Å². The summed E-state index contributed by atoms with van der Waals surface area (Å²) in [7, 11) is 0. The topological polar surface area (TPSA) is 54.0 Å². The monoisotopic (exact) mass is 297 g/mol. The van der Waals surface area contributed by atoms with E-state index < -0.39 is 0 Å². The Morgan fingerprint density at radius 2 is 1.95 bits per heavy atom. The molecule has 1 aromatic heterocycles. The summed E-state index contributed by atoms with van der Waals surface area (Å²) in [5.74, 6) is 0.785. The number of nitrogens with one attached hydrogen (secondary N) is 2. The first-order valence-electron chi connectivity index (χ1n) is 8.21. The Labute approximate surface area is 131 Å². The van der Waals surface area contributed by atoms with E-state index in [1.165, 1.54) is 32.1 Å². The summed E-state index contributed by atoms with van der Waals surface area (Å²) in [5.41, 5.74) is 1.58. The average molecular weight is 297 g/mol. The zero-order valence-corrected chi connectivity index (χ0v) is 12.8. The van der Waals surface area contributed by atoms with Crippen molar-refractivity contribution in [3.05, 3.63) is 36.5 Å². The second-order valence-electron chi connectivity index (χ2n) is 6.05. The number of carbonyl (C=O) groups excluding carboxylic acids is 1. The first-order valence-corrected chi connectivity index (χ1v) is 8.21. The van der Waals surface area contributed by atoms with Crippen molar-refractivity contribution in [3.63, 3.8) is 0 Å². The maximum atomic E-state index is 12.0. The van der Waals surface area contributed by atoms with E-state index in [0.717, 1.165) is 35.5 Å². The molecule has 0 spiro atoms. The summed E-state index contributed by atoms with van der Waals surface area (Å²) in [4.78, 5) is 16.4. The van der Waals surface area contributed by atoms with Crippen molar-refractivity contribution in [3.8, 4) is 0 Å². The van der Waals surface area contributed by atoms with E-state index in [-0.39, 0.29) is 6.03 Å². The number of para-hydroxylation sites is 1. The minimum Gasteiger partial charge on any atom is -0.338 e. The maximum absolute atomic E-state index is 12.0. The fraction of sp³-hybridized carbons (Fsp3) is 0.444. The molecule has 2 aromatic rings. The first-order chi connectivity index (χ1) is 10.8. The molecule has 0 aliphatic heterocycles. The van der Waals surface area contributed by atoms with Gasteiger partial charge in [0.1, 0.15) is 0 Å². The number of carbonyl (C=O) groups is 1. The van der Waals surface area contributed by atoms with Crippen LogP contribution in [0, 0.1) is 5.92 Å². The molecule has 22 heavy (non-hydrogen) atoms. The van der Waals surface area contributed by atoms with Crippen molar-refractivity contribution in [1.82, 2.24) is 10.3 Å². The van der Waals surface area contributed by atoms with Gasteiger partial charge >= 0.3 is 6.03 Å². The van der Waals surface area contributed by atoms with E-state index in [4.69, 9.17) is 0 Å². The highest BCUT2D eigenvalue weighted by Gasteiger charge is 2.13. The van der Waals surface area contributed by atoms with Gasteiger partial charge in [-0.05, 0) is 24.5 Å². The number of hydrogen-bond donors (Lipinski definition) is 2. The zero-order valence-electron chi connectivity index (χ0n) is 12.8. The number of aromatic nitrogens is 1. The molecule has 2 N–H and O–H groups in total. The van der Waals surface area contributed by atoms with Gasteiger partial charge in [0.2, 0.25) is 0 Å². The molecular weight excluding hydrogens is 274 g/mol. The molecule has 2 amide bonds. The third kappa shape index (κ3) is 3.75. The SMILES string of the molecule is O=C(NCCC1CCCCC1)Nc1cccc2cccnc12. The highest BCUT2D eigenvalue weighted by atomic mass is 16.2. The molecule has 1 fully saturated rings. The van der Waals surface area contributed by atoms with Gasteiger partial charge in [-0.25, -0.2) is 4.79 Å². The molecule has 1 aromatic carbocycles. The predicted octanol–water partition coefficient (Wildman–Crippen LogP) is 4.33. The van der Waals surface area contributed by atoms with E-state index in [1.54, 1.807) is 6.20 Å². The van der Waals surface area contributed by atoms with Crippen LogP contribution in [0.15, 0.2) is 36.5 Å². The van der Waals surface area contributed by atoms with Crippen molar-refractivity contribution in [1.29, 1.82) is 0 Å². The van der Waals surface area contributed by atoms with Crippen LogP contribution in [-0.2, 0) is 0 Å². The minimum atomic E-state index is -0.144. The quantitative estimate of drug-likeness (QED) is 0.882. The molecule has 116 valence electrons. The molecular formula is C18H23N3O.